The highest BCUT2D eigenvalue weighted by Crippen LogP contribution is 2.38. The van der Waals surface area contributed by atoms with Crippen molar-refractivity contribution in [3.63, 3.8) is 0 Å². The van der Waals surface area contributed by atoms with Crippen LogP contribution in [0.2, 0.25) is 5.02 Å². The number of pyridine rings is 1. The Kier molecular flexibility index (Phi) is 9.05. The fourth-order valence-corrected chi connectivity index (χ4v) is 5.55. The average Bonchev–Trinajstić information content (AvgIpc) is 3.56. The second-order valence-electron chi connectivity index (χ2n) is 11.2. The largest absolute Gasteiger partial charge is 0.496 e. The molecule has 0 radical (unpaired) electrons. The van der Waals surface area contributed by atoms with Gasteiger partial charge >= 0.3 is 6.09 Å². The number of rotatable bonds is 10. The number of nitrogens with two attached hydrogens (primary N) is 1. The van der Waals surface area contributed by atoms with Gasteiger partial charge < -0.3 is 34.9 Å². The van der Waals surface area contributed by atoms with Crippen LogP contribution in [0.1, 0.15) is 40.0 Å². The summed E-state index contributed by atoms with van der Waals surface area (Å²) >= 11 is 6.37. The van der Waals surface area contributed by atoms with Gasteiger partial charge in [-0.25, -0.2) is 9.78 Å². The Hall–Kier alpha value is -4.19. The highest BCUT2D eigenvalue weighted by Gasteiger charge is 2.38. The first-order valence-electron chi connectivity index (χ1n) is 13.6. The molecular formula is C29H37ClN6O6. The van der Waals surface area contributed by atoms with Crippen LogP contribution in [0.3, 0.4) is 0 Å². The molecule has 0 aliphatic carbocycles. The van der Waals surface area contributed by atoms with E-state index in [1.54, 1.807) is 47.1 Å². The number of hydrogen-bond acceptors (Lipinski definition) is 7. The summed E-state index contributed by atoms with van der Waals surface area (Å²) in [4.78, 5) is 44.9. The van der Waals surface area contributed by atoms with Gasteiger partial charge in [0, 0.05) is 66.9 Å². The molecule has 0 bridgehead atoms. The van der Waals surface area contributed by atoms with E-state index in [2.05, 4.69) is 10.2 Å². The number of halogens is 1. The van der Waals surface area contributed by atoms with Crippen LogP contribution in [0.4, 0.5) is 10.5 Å². The number of amides is 3. The first kappa shape index (κ1) is 30.8. The van der Waals surface area contributed by atoms with Gasteiger partial charge in [0.15, 0.2) is 0 Å². The molecule has 1 aromatic carbocycles. The van der Waals surface area contributed by atoms with E-state index in [4.69, 9.17) is 31.8 Å². The fraction of sp³-hybridized carbons (Fsp3) is 0.448. The lowest BCUT2D eigenvalue weighted by atomic mass is 9.99. The van der Waals surface area contributed by atoms with Crippen molar-refractivity contribution in [3.05, 3.63) is 41.7 Å². The SMILES string of the molecule is COc1cc(OC)c(-c2cn3ccc(N4CCC(NC(=O)[C@H](CCC(N)=O)N(C(=O)O)C(C)(C)C)C4)cc3n2)cc1Cl. The number of imidazole rings is 1. The highest BCUT2D eigenvalue weighted by atomic mass is 35.5. The number of anilines is 1. The van der Waals surface area contributed by atoms with Crippen molar-refractivity contribution in [2.24, 2.45) is 5.73 Å². The molecule has 1 fully saturated rings. The van der Waals surface area contributed by atoms with Crippen molar-refractivity contribution in [2.75, 3.05) is 32.2 Å². The molecule has 1 aliphatic heterocycles. The quantitative estimate of drug-likeness (QED) is 0.318. The van der Waals surface area contributed by atoms with Gasteiger partial charge in [-0.05, 0) is 45.7 Å². The van der Waals surface area contributed by atoms with E-state index >= 15 is 0 Å². The van der Waals surface area contributed by atoms with Crippen LogP contribution in [0.25, 0.3) is 16.9 Å². The van der Waals surface area contributed by atoms with E-state index in [-0.39, 0.29) is 18.9 Å². The van der Waals surface area contributed by atoms with E-state index in [0.29, 0.717) is 41.7 Å². The van der Waals surface area contributed by atoms with Gasteiger partial charge in [0.1, 0.15) is 23.2 Å². The number of nitrogens with zero attached hydrogens (tertiary/aromatic N) is 4. The van der Waals surface area contributed by atoms with Crippen molar-refractivity contribution in [2.45, 2.75) is 57.7 Å². The topological polar surface area (TPSA) is 152 Å². The Labute approximate surface area is 249 Å². The number of carboxylic acid groups (broad SMARTS) is 1. The molecule has 0 spiro atoms. The second-order valence-corrected chi connectivity index (χ2v) is 11.7. The molecule has 0 saturated carbocycles. The molecule has 2 atom stereocenters. The number of methoxy groups -OCH3 is 2. The van der Waals surface area contributed by atoms with Gasteiger partial charge in [-0.1, -0.05) is 11.6 Å². The van der Waals surface area contributed by atoms with E-state index < -0.39 is 29.5 Å². The summed E-state index contributed by atoms with van der Waals surface area (Å²) in [5.74, 6) is 0.0540. The van der Waals surface area contributed by atoms with Gasteiger partial charge in [-0.15, -0.1) is 0 Å². The summed E-state index contributed by atoms with van der Waals surface area (Å²) < 4.78 is 12.7. The van der Waals surface area contributed by atoms with Crippen molar-refractivity contribution >= 4 is 40.8 Å². The molecule has 3 heterocycles. The zero-order valence-corrected chi connectivity index (χ0v) is 25.1. The normalized spacial score (nSPS) is 15.9. The first-order valence-corrected chi connectivity index (χ1v) is 14.0. The third kappa shape index (κ3) is 6.64. The van der Waals surface area contributed by atoms with E-state index in [1.807, 2.05) is 28.9 Å². The maximum atomic E-state index is 13.3. The standard InChI is InChI=1S/C29H37ClN6O6/c1-29(2,3)36(28(39)40)22(6-7-25(31)37)27(38)32-17-8-10-34(15-17)18-9-11-35-16-21(33-26(35)12-18)19-13-20(30)24(42-5)14-23(19)41-4/h9,11-14,16-17,22H,6-8,10,15H2,1-5H3,(H2,31,37)(H,32,38)(H,39,40)/t17?,22-/m0/s1. The van der Waals surface area contributed by atoms with E-state index in [1.165, 1.54) is 0 Å². The molecule has 226 valence electrons. The molecule has 2 aromatic heterocycles. The number of fused-ring (bicyclic) bond motifs is 1. The minimum Gasteiger partial charge on any atom is -0.496 e. The minimum atomic E-state index is -1.23. The summed E-state index contributed by atoms with van der Waals surface area (Å²) in [6, 6.07) is 6.17. The number of carbonyl (C=O) groups is 3. The van der Waals surface area contributed by atoms with Gasteiger partial charge in [0.2, 0.25) is 11.8 Å². The average molecular weight is 601 g/mol. The molecule has 4 rings (SSSR count). The van der Waals surface area contributed by atoms with Crippen molar-refractivity contribution in [3.8, 4) is 22.8 Å². The molecule has 12 nitrogen and oxygen atoms in total. The fourth-order valence-electron chi connectivity index (χ4n) is 5.31. The smallest absolute Gasteiger partial charge is 0.408 e. The van der Waals surface area contributed by atoms with Gasteiger partial charge in [-0.3, -0.25) is 14.5 Å². The molecule has 1 unspecified atom stereocenters. The molecule has 1 aliphatic rings. The van der Waals surface area contributed by atoms with E-state index in [0.717, 1.165) is 21.8 Å². The summed E-state index contributed by atoms with van der Waals surface area (Å²) in [7, 11) is 3.12. The van der Waals surface area contributed by atoms with Crippen LogP contribution in [0.5, 0.6) is 11.5 Å². The third-order valence-electron chi connectivity index (χ3n) is 7.30. The Morgan fingerprint density at radius 2 is 1.93 bits per heavy atom. The lowest BCUT2D eigenvalue weighted by Crippen LogP contribution is -2.58. The summed E-state index contributed by atoms with van der Waals surface area (Å²) in [5, 5.41) is 13.3. The van der Waals surface area contributed by atoms with Crippen molar-refractivity contribution in [1.82, 2.24) is 19.6 Å². The van der Waals surface area contributed by atoms with E-state index in [9.17, 15) is 19.5 Å². The zero-order valence-electron chi connectivity index (χ0n) is 24.4. The Morgan fingerprint density at radius 1 is 1.21 bits per heavy atom. The Balaban J connectivity index is 1.50. The molecule has 4 N–H and O–H groups in total. The molecule has 1 saturated heterocycles. The lowest BCUT2D eigenvalue weighted by molar-refractivity contribution is -0.129. The molecule has 3 aromatic rings. The highest BCUT2D eigenvalue weighted by molar-refractivity contribution is 6.32. The van der Waals surface area contributed by atoms with Crippen molar-refractivity contribution in [1.29, 1.82) is 0 Å². The zero-order chi connectivity index (χ0) is 30.8. The minimum absolute atomic E-state index is 0.00421. The second kappa shape index (κ2) is 12.4. The van der Waals surface area contributed by atoms with Crippen LogP contribution in [0, 0.1) is 0 Å². The van der Waals surface area contributed by atoms with Crippen LogP contribution in [0.15, 0.2) is 36.7 Å². The molecule has 42 heavy (non-hydrogen) atoms. The summed E-state index contributed by atoms with van der Waals surface area (Å²) in [6.07, 6.45) is 3.15. The monoisotopic (exact) mass is 600 g/mol. The number of aromatic nitrogens is 2. The van der Waals surface area contributed by atoms with Crippen LogP contribution in [-0.2, 0) is 9.59 Å². The van der Waals surface area contributed by atoms with Gasteiger partial charge in [0.05, 0.1) is 24.9 Å². The van der Waals surface area contributed by atoms with Crippen molar-refractivity contribution < 1.29 is 29.0 Å². The summed E-state index contributed by atoms with van der Waals surface area (Å²) in [5.41, 5.74) is 7.53. The Morgan fingerprint density at radius 3 is 2.55 bits per heavy atom. The number of hydrogen-bond donors (Lipinski definition) is 3. The van der Waals surface area contributed by atoms with Crippen LogP contribution in [-0.4, -0.2) is 82.2 Å². The number of nitrogens with one attached hydrogen (secondary N) is 1. The summed E-state index contributed by atoms with van der Waals surface area (Å²) in [6.45, 7) is 6.34. The number of benzene rings is 1. The van der Waals surface area contributed by atoms with Gasteiger partial charge in [-0.2, -0.15) is 0 Å². The maximum absolute atomic E-state index is 13.3. The van der Waals surface area contributed by atoms with Crippen LogP contribution >= 0.6 is 11.6 Å². The molecule has 3 amide bonds. The Bertz CT molecular complexity index is 1490. The number of carbonyl (C=O) groups excluding carboxylic acids is 2. The number of ether oxygens (including phenoxy) is 2. The predicted octanol–water partition coefficient (Wildman–Crippen LogP) is 3.78. The maximum Gasteiger partial charge on any atom is 0.408 e. The molecule has 13 heteroatoms. The number of primary amides is 1. The van der Waals surface area contributed by atoms with Gasteiger partial charge in [0.25, 0.3) is 0 Å². The third-order valence-corrected chi connectivity index (χ3v) is 7.60. The van der Waals surface area contributed by atoms with Crippen LogP contribution < -0.4 is 25.4 Å². The predicted molar refractivity (Wildman–Crippen MR) is 159 cm³/mol. The first-order chi connectivity index (χ1) is 19.8. The lowest BCUT2D eigenvalue weighted by Gasteiger charge is -2.39. The molecular weight excluding hydrogens is 564 g/mol.